The fourth-order valence-corrected chi connectivity index (χ4v) is 2.22. The molecule has 0 spiro atoms. The van der Waals surface area contributed by atoms with Gasteiger partial charge in [0.1, 0.15) is 5.82 Å². The van der Waals surface area contributed by atoms with Crippen LogP contribution in [0.25, 0.3) is 0 Å². The number of nitrogens with two attached hydrogens (primary N) is 1. The van der Waals surface area contributed by atoms with Crippen molar-refractivity contribution in [2.75, 3.05) is 26.2 Å². The van der Waals surface area contributed by atoms with Crippen LogP contribution in [0.15, 0.2) is 12.4 Å². The molecule has 1 aliphatic heterocycles. The van der Waals surface area contributed by atoms with Gasteiger partial charge in [-0.3, -0.25) is 9.69 Å². The van der Waals surface area contributed by atoms with Crippen LogP contribution in [0.5, 0.6) is 0 Å². The Bertz CT molecular complexity index is 345. The highest BCUT2D eigenvalue weighted by molar-refractivity contribution is 5.73. The number of carbonyl (C=O) groups is 1. The Labute approximate surface area is 101 Å². The number of H-pyrrole nitrogens is 1. The predicted octanol–water partition coefficient (Wildman–Crippen LogP) is -0.378. The first-order chi connectivity index (χ1) is 8.27. The van der Waals surface area contributed by atoms with E-state index < -0.39 is 0 Å². The van der Waals surface area contributed by atoms with Crippen molar-refractivity contribution < 1.29 is 4.79 Å². The van der Waals surface area contributed by atoms with Gasteiger partial charge in [0.15, 0.2) is 0 Å². The topological polar surface area (TPSA) is 87.0 Å². The molecule has 4 N–H and O–H groups in total. The number of nitrogens with zero attached hydrogens (tertiary/aromatic N) is 2. The molecule has 0 radical (unpaired) electrons. The molecule has 6 heteroatoms. The monoisotopic (exact) mass is 237 g/mol. The predicted molar refractivity (Wildman–Crippen MR) is 64.2 cm³/mol. The zero-order valence-corrected chi connectivity index (χ0v) is 9.85. The lowest BCUT2D eigenvalue weighted by atomic mass is 10.1. The van der Waals surface area contributed by atoms with Gasteiger partial charge in [-0.2, -0.15) is 0 Å². The molecule has 0 aliphatic carbocycles. The van der Waals surface area contributed by atoms with Crippen LogP contribution >= 0.6 is 0 Å². The van der Waals surface area contributed by atoms with Gasteiger partial charge < -0.3 is 16.0 Å². The average molecular weight is 237 g/mol. The van der Waals surface area contributed by atoms with Crippen LogP contribution in [0.1, 0.15) is 24.7 Å². The minimum absolute atomic E-state index is 0.166. The second-order valence-corrected chi connectivity index (χ2v) is 4.28. The first-order valence-corrected chi connectivity index (χ1v) is 5.99. The number of imidazole rings is 1. The minimum atomic E-state index is -0.253. The van der Waals surface area contributed by atoms with Gasteiger partial charge in [-0.05, 0) is 6.42 Å². The highest BCUT2D eigenvalue weighted by Gasteiger charge is 2.24. The van der Waals surface area contributed by atoms with Gasteiger partial charge in [-0.1, -0.05) is 0 Å². The van der Waals surface area contributed by atoms with E-state index in [0.717, 1.165) is 38.4 Å². The summed E-state index contributed by atoms with van der Waals surface area (Å²) in [6.45, 7) is 3.91. The van der Waals surface area contributed by atoms with E-state index in [4.69, 9.17) is 5.73 Å². The molecule has 1 saturated heterocycles. The van der Waals surface area contributed by atoms with Crippen molar-refractivity contribution in [1.82, 2.24) is 20.2 Å². The first kappa shape index (κ1) is 12.1. The molecule has 1 unspecified atom stereocenters. The number of piperazine rings is 1. The Balaban J connectivity index is 2.03. The van der Waals surface area contributed by atoms with E-state index in [0.29, 0.717) is 6.42 Å². The van der Waals surface area contributed by atoms with Crippen molar-refractivity contribution in [3.8, 4) is 0 Å². The number of rotatable bonds is 5. The van der Waals surface area contributed by atoms with E-state index in [-0.39, 0.29) is 11.9 Å². The fourth-order valence-electron chi connectivity index (χ4n) is 2.22. The second-order valence-electron chi connectivity index (χ2n) is 4.28. The van der Waals surface area contributed by atoms with E-state index in [1.165, 1.54) is 0 Å². The lowest BCUT2D eigenvalue weighted by Crippen LogP contribution is -2.45. The van der Waals surface area contributed by atoms with Gasteiger partial charge in [0.25, 0.3) is 0 Å². The largest absolute Gasteiger partial charge is 0.370 e. The number of nitrogens with one attached hydrogen (secondary N) is 2. The summed E-state index contributed by atoms with van der Waals surface area (Å²) in [7, 11) is 0. The van der Waals surface area contributed by atoms with E-state index in [9.17, 15) is 4.79 Å². The Morgan fingerprint density at radius 2 is 2.29 bits per heavy atom. The molecule has 0 saturated carbocycles. The van der Waals surface area contributed by atoms with E-state index >= 15 is 0 Å². The number of amides is 1. The quantitative estimate of drug-likeness (QED) is 0.651. The number of aromatic amines is 1. The molecule has 0 aromatic carbocycles. The van der Waals surface area contributed by atoms with Gasteiger partial charge in [0, 0.05) is 45.0 Å². The van der Waals surface area contributed by atoms with Gasteiger partial charge in [-0.15, -0.1) is 0 Å². The Morgan fingerprint density at radius 1 is 1.53 bits per heavy atom. The normalized spacial score (nSPS) is 19.1. The zero-order chi connectivity index (χ0) is 12.1. The maximum absolute atomic E-state index is 10.9. The summed E-state index contributed by atoms with van der Waals surface area (Å²) in [5, 5.41) is 3.32. The third kappa shape index (κ3) is 3.28. The van der Waals surface area contributed by atoms with E-state index in [2.05, 4.69) is 20.2 Å². The molecule has 2 rings (SSSR count). The Hall–Kier alpha value is -1.40. The van der Waals surface area contributed by atoms with Gasteiger partial charge >= 0.3 is 0 Å². The van der Waals surface area contributed by atoms with Crippen molar-refractivity contribution in [3.63, 3.8) is 0 Å². The molecule has 17 heavy (non-hydrogen) atoms. The highest BCUT2D eigenvalue weighted by atomic mass is 16.1. The van der Waals surface area contributed by atoms with Crippen molar-refractivity contribution in [1.29, 1.82) is 0 Å². The molecular weight excluding hydrogens is 218 g/mol. The van der Waals surface area contributed by atoms with Crippen LogP contribution in [0.2, 0.25) is 0 Å². The number of hydrogen-bond acceptors (Lipinski definition) is 4. The molecule has 1 atom stereocenters. The summed E-state index contributed by atoms with van der Waals surface area (Å²) in [6.07, 6.45) is 4.68. The standard InChI is InChI=1S/C11H19N5O/c12-10(17)2-1-9(11-14-3-4-15-11)16-7-5-13-6-8-16/h3-4,9,13H,1-2,5-8H2,(H2,12,17)(H,14,15). The maximum Gasteiger partial charge on any atom is 0.217 e. The summed E-state index contributed by atoms with van der Waals surface area (Å²) in [5.74, 6) is 0.671. The molecule has 94 valence electrons. The smallest absolute Gasteiger partial charge is 0.217 e. The Kier molecular flexibility index (Phi) is 4.11. The van der Waals surface area contributed by atoms with Crippen LogP contribution in [0, 0.1) is 0 Å². The van der Waals surface area contributed by atoms with Crippen LogP contribution in [0.3, 0.4) is 0 Å². The lowest BCUT2D eigenvalue weighted by molar-refractivity contribution is -0.118. The zero-order valence-electron chi connectivity index (χ0n) is 9.85. The number of aromatic nitrogens is 2. The number of primary amides is 1. The first-order valence-electron chi connectivity index (χ1n) is 5.99. The maximum atomic E-state index is 10.9. The average Bonchev–Trinajstić information content (AvgIpc) is 2.84. The molecule has 1 aliphatic rings. The summed E-state index contributed by atoms with van der Waals surface area (Å²) in [4.78, 5) is 20.7. The van der Waals surface area contributed by atoms with Crippen molar-refractivity contribution in [2.45, 2.75) is 18.9 Å². The summed E-state index contributed by atoms with van der Waals surface area (Å²) < 4.78 is 0. The molecule has 1 amide bonds. The molecule has 0 bridgehead atoms. The second kappa shape index (κ2) is 5.79. The lowest BCUT2D eigenvalue weighted by Gasteiger charge is -2.33. The van der Waals surface area contributed by atoms with Gasteiger partial charge in [-0.25, -0.2) is 4.98 Å². The summed E-state index contributed by atoms with van der Waals surface area (Å²) >= 11 is 0. The summed E-state index contributed by atoms with van der Waals surface area (Å²) in [6, 6.07) is 0.166. The van der Waals surface area contributed by atoms with Crippen molar-refractivity contribution >= 4 is 5.91 Å². The van der Waals surface area contributed by atoms with Gasteiger partial charge in [0.05, 0.1) is 6.04 Å². The summed E-state index contributed by atoms with van der Waals surface area (Å²) in [5.41, 5.74) is 5.22. The minimum Gasteiger partial charge on any atom is -0.370 e. The molecule has 6 nitrogen and oxygen atoms in total. The van der Waals surface area contributed by atoms with Gasteiger partial charge in [0.2, 0.25) is 5.91 Å². The fraction of sp³-hybridized carbons (Fsp3) is 0.636. The van der Waals surface area contributed by atoms with E-state index in [1.807, 2.05) is 6.20 Å². The molecule has 1 aromatic rings. The Morgan fingerprint density at radius 3 is 2.88 bits per heavy atom. The number of hydrogen-bond donors (Lipinski definition) is 3. The molecule has 1 fully saturated rings. The molecular formula is C11H19N5O. The van der Waals surface area contributed by atoms with Crippen molar-refractivity contribution in [2.24, 2.45) is 5.73 Å². The molecule has 2 heterocycles. The van der Waals surface area contributed by atoms with Crippen LogP contribution in [-0.4, -0.2) is 47.0 Å². The van der Waals surface area contributed by atoms with Crippen LogP contribution in [0.4, 0.5) is 0 Å². The number of carbonyl (C=O) groups excluding carboxylic acids is 1. The SMILES string of the molecule is NC(=O)CCC(c1ncc[nH]1)N1CCNCC1. The third-order valence-corrected chi connectivity index (χ3v) is 3.09. The van der Waals surface area contributed by atoms with Crippen LogP contribution < -0.4 is 11.1 Å². The third-order valence-electron chi connectivity index (χ3n) is 3.09. The molecule has 1 aromatic heterocycles. The van der Waals surface area contributed by atoms with Crippen molar-refractivity contribution in [3.05, 3.63) is 18.2 Å². The van der Waals surface area contributed by atoms with E-state index in [1.54, 1.807) is 6.20 Å². The van der Waals surface area contributed by atoms with Crippen LogP contribution in [-0.2, 0) is 4.79 Å². The highest BCUT2D eigenvalue weighted by Crippen LogP contribution is 2.22.